The number of amides is 2. The van der Waals surface area contributed by atoms with Gasteiger partial charge in [0.05, 0.1) is 24.3 Å². The van der Waals surface area contributed by atoms with Gasteiger partial charge >= 0.3 is 0 Å². The largest absolute Gasteiger partial charge is 0.342 e. The van der Waals surface area contributed by atoms with Gasteiger partial charge in [0, 0.05) is 25.8 Å². The number of fused-ring (bicyclic) bond motifs is 1. The monoisotopic (exact) mass is 432 g/mol. The van der Waals surface area contributed by atoms with Gasteiger partial charge in [0.25, 0.3) is 5.91 Å². The standard InChI is InChI=1S/C18H28N4O4S.ClH/c1-11(2)15-16-13(22(18(15)24)27(5,25)26)8-9-21(16)17(23)14-7-6-12(10-19-3)20(14)4;/h6-7,11,13,15-16,19H,8-10H2,1-5H3;1H/t13-,15+,16-;/m1./s1. The zero-order valence-corrected chi connectivity index (χ0v) is 18.5. The molecule has 158 valence electrons. The lowest BCUT2D eigenvalue weighted by atomic mass is 9.88. The van der Waals surface area contributed by atoms with Crippen LogP contribution < -0.4 is 5.32 Å². The maximum atomic E-state index is 13.3. The molecule has 2 amide bonds. The maximum absolute atomic E-state index is 13.3. The highest BCUT2D eigenvalue weighted by molar-refractivity contribution is 7.88. The summed E-state index contributed by atoms with van der Waals surface area (Å²) in [6.07, 6.45) is 1.54. The summed E-state index contributed by atoms with van der Waals surface area (Å²) in [5.74, 6) is -1.10. The molecule has 28 heavy (non-hydrogen) atoms. The van der Waals surface area contributed by atoms with Gasteiger partial charge in [-0.3, -0.25) is 9.59 Å². The molecule has 1 aromatic rings. The highest BCUT2D eigenvalue weighted by Crippen LogP contribution is 2.41. The van der Waals surface area contributed by atoms with E-state index in [4.69, 9.17) is 0 Å². The summed E-state index contributed by atoms with van der Waals surface area (Å²) in [4.78, 5) is 27.8. The van der Waals surface area contributed by atoms with Crippen LogP contribution in [0.5, 0.6) is 0 Å². The van der Waals surface area contributed by atoms with Crippen molar-refractivity contribution in [2.75, 3.05) is 19.8 Å². The predicted octanol–water partition coefficient (Wildman–Crippen LogP) is 0.823. The predicted molar refractivity (Wildman–Crippen MR) is 109 cm³/mol. The number of hydrogen-bond donors (Lipinski definition) is 1. The van der Waals surface area contributed by atoms with Gasteiger partial charge in [0.15, 0.2) is 0 Å². The molecule has 0 radical (unpaired) electrons. The Balaban J connectivity index is 0.00000280. The summed E-state index contributed by atoms with van der Waals surface area (Å²) in [5, 5.41) is 3.07. The molecule has 0 aliphatic carbocycles. The Hall–Kier alpha value is -1.58. The second-order valence-corrected chi connectivity index (χ2v) is 9.67. The van der Waals surface area contributed by atoms with Crippen LogP contribution in [0.1, 0.15) is 36.5 Å². The number of carbonyl (C=O) groups excluding carboxylic acids is 2. The van der Waals surface area contributed by atoms with Crippen molar-refractivity contribution in [3.05, 3.63) is 23.5 Å². The highest BCUT2D eigenvalue weighted by Gasteiger charge is 2.58. The third kappa shape index (κ3) is 3.55. The van der Waals surface area contributed by atoms with E-state index in [9.17, 15) is 18.0 Å². The second-order valence-electron chi connectivity index (χ2n) is 7.81. The molecule has 2 saturated heterocycles. The molecule has 0 saturated carbocycles. The van der Waals surface area contributed by atoms with Crippen LogP contribution in [0.4, 0.5) is 0 Å². The minimum absolute atomic E-state index is 0. The van der Waals surface area contributed by atoms with E-state index in [1.54, 1.807) is 11.0 Å². The van der Waals surface area contributed by atoms with Gasteiger partial charge in [-0.2, -0.15) is 0 Å². The Morgan fingerprint density at radius 2 is 1.96 bits per heavy atom. The van der Waals surface area contributed by atoms with E-state index >= 15 is 0 Å². The van der Waals surface area contributed by atoms with Crippen LogP contribution in [0, 0.1) is 11.8 Å². The lowest BCUT2D eigenvalue weighted by molar-refractivity contribution is -0.129. The van der Waals surface area contributed by atoms with Crippen LogP contribution in [-0.2, 0) is 28.4 Å². The summed E-state index contributed by atoms with van der Waals surface area (Å²) in [5.41, 5.74) is 1.53. The van der Waals surface area contributed by atoms with Gasteiger partial charge in [-0.05, 0) is 31.5 Å². The van der Waals surface area contributed by atoms with Crippen molar-refractivity contribution in [1.29, 1.82) is 0 Å². The van der Waals surface area contributed by atoms with E-state index in [0.29, 0.717) is 25.2 Å². The number of halogens is 1. The Kier molecular flexibility index (Phi) is 6.52. The smallest absolute Gasteiger partial charge is 0.270 e. The molecule has 2 aliphatic rings. The Labute approximate surface area is 172 Å². The van der Waals surface area contributed by atoms with Gasteiger partial charge < -0.3 is 14.8 Å². The van der Waals surface area contributed by atoms with Gasteiger partial charge in [-0.1, -0.05) is 13.8 Å². The van der Waals surface area contributed by atoms with E-state index in [2.05, 4.69) is 5.32 Å². The van der Waals surface area contributed by atoms with Crippen molar-refractivity contribution >= 4 is 34.2 Å². The number of nitrogens with one attached hydrogen (secondary N) is 1. The average Bonchev–Trinajstić information content (AvgIpc) is 3.19. The molecule has 3 heterocycles. The molecule has 10 heteroatoms. The molecule has 1 aromatic heterocycles. The molecule has 3 atom stereocenters. The molecule has 0 bridgehead atoms. The zero-order valence-electron chi connectivity index (χ0n) is 16.9. The van der Waals surface area contributed by atoms with E-state index in [0.717, 1.165) is 16.3 Å². The Morgan fingerprint density at radius 1 is 1.32 bits per heavy atom. The molecule has 1 N–H and O–H groups in total. The average molecular weight is 433 g/mol. The molecule has 0 aromatic carbocycles. The fourth-order valence-electron chi connectivity index (χ4n) is 4.54. The quantitative estimate of drug-likeness (QED) is 0.743. The lowest BCUT2D eigenvalue weighted by Crippen LogP contribution is -2.44. The van der Waals surface area contributed by atoms with E-state index in [1.165, 1.54) is 0 Å². The second kappa shape index (κ2) is 8.04. The molecule has 2 aliphatic heterocycles. The fraction of sp³-hybridized carbons (Fsp3) is 0.667. The highest BCUT2D eigenvalue weighted by atomic mass is 35.5. The van der Waals surface area contributed by atoms with Gasteiger partial charge in [-0.25, -0.2) is 12.7 Å². The Bertz CT molecular complexity index is 867. The van der Waals surface area contributed by atoms with Crippen molar-refractivity contribution < 1.29 is 18.0 Å². The number of likely N-dealkylation sites (tertiary alicyclic amines) is 1. The van der Waals surface area contributed by atoms with E-state index in [1.807, 2.05) is 38.6 Å². The lowest BCUT2D eigenvalue weighted by Gasteiger charge is -2.29. The van der Waals surface area contributed by atoms with Crippen LogP contribution in [-0.4, -0.2) is 65.9 Å². The first kappa shape index (κ1) is 22.7. The van der Waals surface area contributed by atoms with Crippen molar-refractivity contribution in [3.8, 4) is 0 Å². The number of hydrogen-bond acceptors (Lipinski definition) is 5. The SMILES string of the molecule is CNCc1ccc(C(=O)N2CC[C@@H]3[C@@H]2[C@H](C(C)C)C(=O)N3S(C)(=O)=O)n1C.Cl. The summed E-state index contributed by atoms with van der Waals surface area (Å²) in [6, 6.07) is 2.81. The van der Waals surface area contributed by atoms with Crippen LogP contribution in [0.15, 0.2) is 12.1 Å². The molecular weight excluding hydrogens is 404 g/mol. The summed E-state index contributed by atoms with van der Waals surface area (Å²) in [7, 11) is 0.0220. The van der Waals surface area contributed by atoms with Gasteiger partial charge in [0.1, 0.15) is 5.69 Å². The molecule has 2 fully saturated rings. The number of nitrogens with zero attached hydrogens (tertiary/aromatic N) is 3. The first-order valence-corrected chi connectivity index (χ1v) is 11.1. The minimum atomic E-state index is -3.67. The third-order valence-electron chi connectivity index (χ3n) is 5.73. The number of sulfonamides is 1. The minimum Gasteiger partial charge on any atom is -0.342 e. The van der Waals surface area contributed by atoms with E-state index in [-0.39, 0.29) is 30.1 Å². The number of rotatable bonds is 5. The van der Waals surface area contributed by atoms with Crippen molar-refractivity contribution in [3.63, 3.8) is 0 Å². The third-order valence-corrected chi connectivity index (χ3v) is 6.90. The number of aromatic nitrogens is 1. The summed E-state index contributed by atoms with van der Waals surface area (Å²) < 4.78 is 27.3. The van der Waals surface area contributed by atoms with E-state index < -0.39 is 28.0 Å². The molecule has 0 spiro atoms. The molecule has 0 unspecified atom stereocenters. The molecular formula is C18H29ClN4O4S. The summed E-state index contributed by atoms with van der Waals surface area (Å²) >= 11 is 0. The normalized spacial score (nSPS) is 24.6. The van der Waals surface area contributed by atoms with Crippen LogP contribution >= 0.6 is 12.4 Å². The van der Waals surface area contributed by atoms with Crippen molar-refractivity contribution in [2.45, 2.75) is 38.9 Å². The first-order chi connectivity index (χ1) is 12.6. The Morgan fingerprint density at radius 3 is 2.50 bits per heavy atom. The topological polar surface area (TPSA) is 91.7 Å². The van der Waals surface area contributed by atoms with Crippen molar-refractivity contribution in [2.24, 2.45) is 18.9 Å². The first-order valence-electron chi connectivity index (χ1n) is 9.23. The molecule has 8 nitrogen and oxygen atoms in total. The van der Waals surface area contributed by atoms with Crippen LogP contribution in [0.2, 0.25) is 0 Å². The van der Waals surface area contributed by atoms with Crippen LogP contribution in [0.3, 0.4) is 0 Å². The fourth-order valence-corrected chi connectivity index (χ4v) is 5.71. The zero-order chi connectivity index (χ0) is 20.1. The number of carbonyl (C=O) groups is 2. The van der Waals surface area contributed by atoms with Gasteiger partial charge in [0.2, 0.25) is 15.9 Å². The van der Waals surface area contributed by atoms with Crippen molar-refractivity contribution in [1.82, 2.24) is 19.1 Å². The summed E-state index contributed by atoms with van der Waals surface area (Å²) in [6.45, 7) is 4.90. The maximum Gasteiger partial charge on any atom is 0.270 e. The van der Waals surface area contributed by atoms with Crippen LogP contribution in [0.25, 0.3) is 0 Å². The van der Waals surface area contributed by atoms with Gasteiger partial charge in [-0.15, -0.1) is 12.4 Å². The molecule has 3 rings (SSSR count).